The van der Waals surface area contributed by atoms with Gasteiger partial charge in [0.25, 0.3) is 0 Å². The molecular formula is C66H118N4O23S. The molecular weight excluding hydrogens is 1250 g/mol. The molecule has 13 N–H and O–H groups in total. The maximum atomic E-state index is 14.3. The number of aliphatic hydroxyl groups excluding tert-OH is 3. The standard InChI is InChI=1S/C66H118N4O23S/c1-25-26-27-28-29-30-31-32-33-34-35-36-37-38-47(77)70-53(11)58(16,80)56(14,78)48(6,39-71)88-64(53,22)91-61(19)49(7,40-72)89-65(23,54(12,59(61,17)81)68-45(4)75)92-62(20)50(8,41-73)90-66(24,55(13,60(62,18)82)69-46(5)76)93-63(21)51(9,42-86-94(83,84)85)87-43(2)52(10,57(63,15)79)67-44(3)74/h30-31,37-38,43,71-73,78-82H,25-29,32-36,39-42H2,1-24H3,(H,67,74)(H,68,75)(H,69,76)(H,70,77)(H,83,84,85)/b31-30+,38-37+/t43?,48?,49?,50?,51?,52?,53?,54?,55?,56-,57-,58-,59-,60-,61-,62-,63-,64+,65+,66+/m1/s1. The molecule has 0 aliphatic carbocycles. The highest BCUT2D eigenvalue weighted by Crippen LogP contribution is 2.65. The van der Waals surface area contributed by atoms with Crippen molar-refractivity contribution in [1.82, 2.24) is 21.3 Å². The summed E-state index contributed by atoms with van der Waals surface area (Å²) in [6, 6.07) is 0. The molecule has 0 aromatic heterocycles. The number of hydrogen-bond acceptors (Lipinski definition) is 22. The Bertz CT molecular complexity index is 2950. The molecule has 4 amide bonds. The van der Waals surface area contributed by atoms with Crippen LogP contribution >= 0.6 is 0 Å². The van der Waals surface area contributed by atoms with Crippen LogP contribution in [0, 0.1) is 0 Å². The summed E-state index contributed by atoms with van der Waals surface area (Å²) in [6.45, 7) is 26.6. The summed E-state index contributed by atoms with van der Waals surface area (Å²) in [6.07, 6.45) is 15.9. The second-order valence-electron chi connectivity index (χ2n) is 30.2. The molecule has 9 unspecified atom stereocenters. The second kappa shape index (κ2) is 27.0. The van der Waals surface area contributed by atoms with Crippen LogP contribution in [0.4, 0.5) is 0 Å². The smallest absolute Gasteiger partial charge is 0.393 e. The van der Waals surface area contributed by atoms with Gasteiger partial charge in [0, 0.05) is 20.8 Å². The minimum absolute atomic E-state index is 0.508. The van der Waals surface area contributed by atoms with Crippen molar-refractivity contribution >= 4 is 34.0 Å². The van der Waals surface area contributed by atoms with Gasteiger partial charge < -0.3 is 95.3 Å². The third-order valence-corrected chi connectivity index (χ3v) is 24.5. The average Bonchev–Trinajstić information content (AvgIpc) is 0.663. The zero-order chi connectivity index (χ0) is 73.1. The third-order valence-electron chi connectivity index (χ3n) is 24.1. The number of allylic oxidation sites excluding steroid dienone is 3. The molecule has 4 heterocycles. The van der Waals surface area contributed by atoms with E-state index in [0.29, 0.717) is 6.42 Å². The third kappa shape index (κ3) is 12.9. The molecule has 4 rings (SSSR count). The maximum Gasteiger partial charge on any atom is 0.397 e. The van der Waals surface area contributed by atoms with Gasteiger partial charge in [-0.05, 0) is 183 Å². The molecule has 28 heteroatoms. The van der Waals surface area contributed by atoms with Gasteiger partial charge >= 0.3 is 10.4 Å². The van der Waals surface area contributed by atoms with Gasteiger partial charge in [-0.25, -0.2) is 4.18 Å². The van der Waals surface area contributed by atoms with E-state index in [1.807, 2.05) is 0 Å². The molecule has 0 spiro atoms. The molecule has 546 valence electrons. The summed E-state index contributed by atoms with van der Waals surface area (Å²) in [5.41, 5.74) is -39.1. The average molecular weight is 1370 g/mol. The number of rotatable bonds is 28. The highest BCUT2D eigenvalue weighted by molar-refractivity contribution is 7.80. The number of aliphatic hydroxyl groups is 8. The van der Waals surface area contributed by atoms with Crippen LogP contribution in [0.15, 0.2) is 24.3 Å². The fourth-order valence-corrected chi connectivity index (χ4v) is 15.8. The van der Waals surface area contributed by atoms with Gasteiger partial charge in [0.05, 0.1) is 31.5 Å². The first-order valence-electron chi connectivity index (χ1n) is 32.7. The maximum absolute atomic E-state index is 14.3. The van der Waals surface area contributed by atoms with Crippen LogP contribution in [-0.2, 0) is 66.9 Å². The first-order valence-corrected chi connectivity index (χ1v) is 34.0. The molecule has 4 aliphatic heterocycles. The monoisotopic (exact) mass is 1370 g/mol. The summed E-state index contributed by atoms with van der Waals surface area (Å²) >= 11 is 0. The van der Waals surface area contributed by atoms with Crippen LogP contribution in [0.25, 0.3) is 0 Å². The van der Waals surface area contributed by atoms with E-state index in [9.17, 15) is 73.0 Å². The number of unbranched alkanes of at least 4 members (excludes halogenated alkanes) is 8. The SMILES string of the molecule is CCCCCC/C=C/CCCCC/C=C/C(=O)NC1(C)[C@](C)(O[C@]2(C)C(C)(CO)O[C@@](C)(O[C@]3(C)C(C)(CO)O[C@@](C)(O[C@]4(C)C(C)(COS(=O)(=O)O)OC(C)C(C)(NC(C)=O)[C@@]4(C)O)C(C)(NC(C)=O)[C@@]3(C)O)C(C)(NC(C)=O)[C@@]2(C)O)OC(C)(CO)[C@@](C)(O)[C@]1(C)O. The number of carbonyl (C=O) groups is 4. The summed E-state index contributed by atoms with van der Waals surface area (Å²) in [5.74, 6) is -11.0. The molecule has 4 saturated heterocycles. The van der Waals surface area contributed by atoms with Gasteiger partial charge in [0.2, 0.25) is 23.6 Å². The Kier molecular flexibility index (Phi) is 23.8. The molecule has 20 atom stereocenters. The largest absolute Gasteiger partial charge is 0.397 e. The van der Waals surface area contributed by atoms with Crippen molar-refractivity contribution in [3.8, 4) is 0 Å². The van der Waals surface area contributed by atoms with Gasteiger partial charge in [-0.3, -0.25) is 23.7 Å². The normalized spacial score (nSPS) is 46.8. The molecule has 94 heavy (non-hydrogen) atoms. The summed E-state index contributed by atoms with van der Waals surface area (Å²) in [4.78, 5) is 55.2. The highest BCUT2D eigenvalue weighted by atomic mass is 32.3. The van der Waals surface area contributed by atoms with Crippen molar-refractivity contribution in [2.45, 2.75) is 343 Å². The quantitative estimate of drug-likeness (QED) is 0.0226. The minimum Gasteiger partial charge on any atom is -0.393 e. The van der Waals surface area contributed by atoms with E-state index in [0.717, 1.165) is 52.4 Å². The first-order chi connectivity index (χ1) is 42.2. The van der Waals surface area contributed by atoms with Crippen LogP contribution in [0.1, 0.15) is 230 Å². The molecule has 0 aromatic rings. The Balaban J connectivity index is 1.98. The lowest BCUT2D eigenvalue weighted by Gasteiger charge is -2.75. The van der Waals surface area contributed by atoms with E-state index in [-0.39, 0.29) is 0 Å². The zero-order valence-corrected chi connectivity index (χ0v) is 61.3. The van der Waals surface area contributed by atoms with Crippen molar-refractivity contribution in [2.75, 3.05) is 26.4 Å². The summed E-state index contributed by atoms with van der Waals surface area (Å²) in [5, 5.41) is 113. The first kappa shape index (κ1) is 83.1. The van der Waals surface area contributed by atoms with E-state index in [1.54, 1.807) is 6.08 Å². The van der Waals surface area contributed by atoms with Crippen LogP contribution in [-0.4, -0.2) is 217 Å². The van der Waals surface area contributed by atoms with Gasteiger partial charge in [0.15, 0.2) is 17.4 Å². The van der Waals surface area contributed by atoms with Gasteiger partial charge in [-0.15, -0.1) is 0 Å². The van der Waals surface area contributed by atoms with Crippen LogP contribution in [0.5, 0.6) is 0 Å². The summed E-state index contributed by atoms with van der Waals surface area (Å²) in [7, 11) is -5.26. The fraction of sp³-hybridized carbons (Fsp3) is 0.879. The Morgan fingerprint density at radius 1 is 0.457 bits per heavy atom. The molecule has 27 nitrogen and oxygen atoms in total. The Morgan fingerprint density at radius 3 is 1.15 bits per heavy atom. The van der Waals surface area contributed by atoms with Crippen LogP contribution in [0.2, 0.25) is 0 Å². The lowest BCUT2D eigenvalue weighted by molar-refractivity contribution is -0.520. The van der Waals surface area contributed by atoms with Crippen LogP contribution in [0.3, 0.4) is 0 Å². The molecule has 0 radical (unpaired) electrons. The van der Waals surface area contributed by atoms with E-state index < -0.39 is 173 Å². The van der Waals surface area contributed by atoms with Gasteiger partial charge in [-0.1, -0.05) is 50.8 Å². The van der Waals surface area contributed by atoms with E-state index in [2.05, 4.69) is 40.3 Å². The molecule has 0 aromatic carbocycles. The Morgan fingerprint density at radius 2 is 0.798 bits per heavy atom. The number of hydrogen-bond donors (Lipinski definition) is 13. The second-order valence-corrected chi connectivity index (χ2v) is 31.3. The summed E-state index contributed by atoms with van der Waals surface area (Å²) < 4.78 is 88.4. The highest BCUT2D eigenvalue weighted by Gasteiger charge is 2.86. The fourth-order valence-electron chi connectivity index (χ4n) is 15.4. The number of nitrogens with one attached hydrogen (secondary N) is 4. The van der Waals surface area contributed by atoms with Gasteiger partial charge in [0.1, 0.15) is 90.4 Å². The molecule has 4 aliphatic rings. The van der Waals surface area contributed by atoms with Crippen molar-refractivity contribution in [2.24, 2.45) is 0 Å². The predicted molar refractivity (Wildman–Crippen MR) is 346 cm³/mol. The topological polar surface area (TPSA) is 406 Å². The lowest BCUT2D eigenvalue weighted by Crippen LogP contribution is -2.95. The van der Waals surface area contributed by atoms with Crippen molar-refractivity contribution in [3.63, 3.8) is 0 Å². The van der Waals surface area contributed by atoms with Gasteiger partial charge in [-0.2, -0.15) is 8.42 Å². The number of ether oxygens (including phenoxy) is 7. The Labute approximate surface area is 557 Å². The van der Waals surface area contributed by atoms with Crippen LogP contribution < -0.4 is 21.3 Å². The Hall–Kier alpha value is -3.37. The molecule has 0 bridgehead atoms. The minimum atomic E-state index is -5.26. The van der Waals surface area contributed by atoms with E-state index >= 15 is 0 Å². The van der Waals surface area contributed by atoms with Crippen molar-refractivity contribution in [1.29, 1.82) is 0 Å². The number of amides is 4. The zero-order valence-electron chi connectivity index (χ0n) is 60.4. The predicted octanol–water partition coefficient (Wildman–Crippen LogP) is 4.15. The molecule has 4 fully saturated rings. The van der Waals surface area contributed by atoms with E-state index in [4.69, 9.17) is 37.3 Å². The lowest BCUT2D eigenvalue weighted by atomic mass is 9.56. The van der Waals surface area contributed by atoms with Crippen molar-refractivity contribution in [3.05, 3.63) is 24.3 Å². The molecule has 0 saturated carbocycles. The van der Waals surface area contributed by atoms with Crippen molar-refractivity contribution < 1.29 is 110 Å². The van der Waals surface area contributed by atoms with E-state index in [1.165, 1.54) is 171 Å². The number of carbonyl (C=O) groups excluding carboxylic acids is 4.